The molecule has 2 rings (SSSR count). The first-order chi connectivity index (χ1) is 6.86. The second-order valence-electron chi connectivity index (χ2n) is 3.23. The van der Waals surface area contributed by atoms with Crippen LogP contribution < -0.4 is 5.73 Å². The second kappa shape index (κ2) is 4.72. The van der Waals surface area contributed by atoms with Crippen LogP contribution in [0.15, 0.2) is 23.6 Å². The van der Waals surface area contributed by atoms with Crippen molar-refractivity contribution in [1.82, 2.24) is 9.97 Å². The molecule has 1 aromatic heterocycles. The zero-order valence-electron chi connectivity index (χ0n) is 7.80. The normalized spacial score (nSPS) is 27.5. The summed E-state index contributed by atoms with van der Waals surface area (Å²) in [6.45, 7) is 1.49. The van der Waals surface area contributed by atoms with Crippen LogP contribution in [0.1, 0.15) is 6.42 Å². The van der Waals surface area contributed by atoms with Crippen LogP contribution in [-0.2, 0) is 4.74 Å². The Labute approximate surface area is 87.3 Å². The maximum atomic E-state index is 5.98. The summed E-state index contributed by atoms with van der Waals surface area (Å²) in [5.74, 6) is 0. The molecule has 1 fully saturated rings. The molecule has 0 radical (unpaired) electrons. The molecule has 0 amide bonds. The first kappa shape index (κ1) is 9.89. The molecule has 2 N–H and O–H groups in total. The van der Waals surface area contributed by atoms with Crippen molar-refractivity contribution < 1.29 is 4.74 Å². The van der Waals surface area contributed by atoms with Crippen molar-refractivity contribution in [2.75, 3.05) is 13.2 Å². The van der Waals surface area contributed by atoms with Gasteiger partial charge in [-0.15, -0.1) is 0 Å². The monoisotopic (exact) mass is 211 g/mol. The maximum absolute atomic E-state index is 5.98. The molecule has 0 aliphatic carbocycles. The van der Waals surface area contributed by atoms with Crippen molar-refractivity contribution in [3.8, 4) is 0 Å². The van der Waals surface area contributed by atoms with Crippen molar-refractivity contribution in [3.05, 3.63) is 18.6 Å². The van der Waals surface area contributed by atoms with Crippen molar-refractivity contribution in [2.45, 2.75) is 22.7 Å². The lowest BCUT2D eigenvalue weighted by Gasteiger charge is -2.27. The van der Waals surface area contributed by atoms with E-state index in [1.807, 2.05) is 0 Å². The highest BCUT2D eigenvalue weighted by Gasteiger charge is 2.23. The van der Waals surface area contributed by atoms with Gasteiger partial charge in [0.05, 0.1) is 12.8 Å². The van der Waals surface area contributed by atoms with E-state index in [1.165, 1.54) is 0 Å². The highest BCUT2D eigenvalue weighted by atomic mass is 32.2. The predicted molar refractivity (Wildman–Crippen MR) is 55.1 cm³/mol. The van der Waals surface area contributed by atoms with Crippen LogP contribution in [-0.4, -0.2) is 34.5 Å². The highest BCUT2D eigenvalue weighted by Crippen LogP contribution is 2.25. The molecule has 1 saturated heterocycles. The molecule has 5 heteroatoms. The number of hydrogen-bond donors (Lipinski definition) is 1. The van der Waals surface area contributed by atoms with Gasteiger partial charge in [-0.1, -0.05) is 11.8 Å². The fourth-order valence-electron chi connectivity index (χ4n) is 1.35. The molecule has 76 valence electrons. The van der Waals surface area contributed by atoms with E-state index in [9.17, 15) is 0 Å². The second-order valence-corrected chi connectivity index (χ2v) is 4.49. The topological polar surface area (TPSA) is 61.0 Å². The minimum absolute atomic E-state index is 0.204. The van der Waals surface area contributed by atoms with E-state index >= 15 is 0 Å². The van der Waals surface area contributed by atoms with Crippen LogP contribution in [0.4, 0.5) is 0 Å². The molecule has 1 aromatic rings. The van der Waals surface area contributed by atoms with Crippen LogP contribution in [0.2, 0.25) is 0 Å². The first-order valence-electron chi connectivity index (χ1n) is 4.62. The van der Waals surface area contributed by atoms with Gasteiger partial charge in [-0.2, -0.15) is 0 Å². The summed E-state index contributed by atoms with van der Waals surface area (Å²) in [5, 5.41) is 1.22. The Hall–Kier alpha value is -0.650. The van der Waals surface area contributed by atoms with Gasteiger partial charge in [-0.25, -0.2) is 4.98 Å². The van der Waals surface area contributed by atoms with E-state index in [-0.39, 0.29) is 6.04 Å². The summed E-state index contributed by atoms with van der Waals surface area (Å²) >= 11 is 1.65. The molecule has 4 nitrogen and oxygen atoms in total. The largest absolute Gasteiger partial charge is 0.380 e. The molecule has 0 saturated carbocycles. The van der Waals surface area contributed by atoms with Crippen molar-refractivity contribution in [2.24, 2.45) is 5.73 Å². The Morgan fingerprint density at radius 1 is 1.50 bits per heavy atom. The number of ether oxygens (including phenoxy) is 1. The quantitative estimate of drug-likeness (QED) is 0.779. The number of nitrogens with two attached hydrogens (primary N) is 1. The lowest BCUT2D eigenvalue weighted by Crippen LogP contribution is -2.40. The Bertz CT molecular complexity index is 283. The van der Waals surface area contributed by atoms with Gasteiger partial charge in [0.1, 0.15) is 5.03 Å². The van der Waals surface area contributed by atoms with Gasteiger partial charge >= 0.3 is 0 Å². The van der Waals surface area contributed by atoms with Gasteiger partial charge in [0, 0.05) is 30.3 Å². The molecular weight excluding hydrogens is 198 g/mol. The van der Waals surface area contributed by atoms with E-state index in [0.717, 1.165) is 18.1 Å². The van der Waals surface area contributed by atoms with Gasteiger partial charge < -0.3 is 10.5 Å². The molecule has 0 aromatic carbocycles. The van der Waals surface area contributed by atoms with E-state index in [2.05, 4.69) is 9.97 Å². The van der Waals surface area contributed by atoms with Gasteiger partial charge in [0.2, 0.25) is 0 Å². The summed E-state index contributed by atoms with van der Waals surface area (Å²) in [4.78, 5) is 8.21. The van der Waals surface area contributed by atoms with E-state index in [4.69, 9.17) is 10.5 Å². The Morgan fingerprint density at radius 3 is 3.14 bits per heavy atom. The molecule has 0 bridgehead atoms. The summed E-state index contributed by atoms with van der Waals surface area (Å²) in [6, 6.07) is 0.204. The van der Waals surface area contributed by atoms with Crippen molar-refractivity contribution in [3.63, 3.8) is 0 Å². The van der Waals surface area contributed by atoms with Crippen LogP contribution in [0.25, 0.3) is 0 Å². The number of hydrogen-bond acceptors (Lipinski definition) is 5. The minimum Gasteiger partial charge on any atom is -0.380 e. The van der Waals surface area contributed by atoms with Crippen LogP contribution in [0, 0.1) is 0 Å². The summed E-state index contributed by atoms with van der Waals surface area (Å²) in [6.07, 6.45) is 6.04. The minimum atomic E-state index is 0.204. The first-order valence-corrected chi connectivity index (χ1v) is 5.50. The van der Waals surface area contributed by atoms with Gasteiger partial charge in [-0.3, -0.25) is 4.98 Å². The molecular formula is C9H13N3OS. The Balaban J connectivity index is 1.96. The zero-order valence-corrected chi connectivity index (χ0v) is 8.61. The summed E-state index contributed by atoms with van der Waals surface area (Å²) in [7, 11) is 0. The van der Waals surface area contributed by atoms with Gasteiger partial charge in [0.25, 0.3) is 0 Å². The SMILES string of the molecule is NC1CCOCC1Sc1cnccn1. The molecule has 0 spiro atoms. The Morgan fingerprint density at radius 2 is 2.43 bits per heavy atom. The van der Waals surface area contributed by atoms with Crippen LogP contribution >= 0.6 is 11.8 Å². The van der Waals surface area contributed by atoms with Crippen LogP contribution in [0.5, 0.6) is 0 Å². The van der Waals surface area contributed by atoms with Crippen molar-refractivity contribution in [1.29, 1.82) is 0 Å². The van der Waals surface area contributed by atoms with E-state index in [1.54, 1.807) is 30.4 Å². The lowest BCUT2D eigenvalue weighted by atomic mass is 10.1. The number of aromatic nitrogens is 2. The van der Waals surface area contributed by atoms with Gasteiger partial charge in [0.15, 0.2) is 0 Å². The zero-order chi connectivity index (χ0) is 9.80. The number of nitrogens with zero attached hydrogens (tertiary/aromatic N) is 2. The standard InChI is InChI=1S/C9H13N3OS/c10-7-1-4-13-6-8(7)14-9-5-11-2-3-12-9/h2-3,5,7-8H,1,4,6,10H2. The highest BCUT2D eigenvalue weighted by molar-refractivity contribution is 7.99. The van der Waals surface area contributed by atoms with Gasteiger partial charge in [-0.05, 0) is 6.42 Å². The number of rotatable bonds is 2. The fraction of sp³-hybridized carbons (Fsp3) is 0.556. The van der Waals surface area contributed by atoms with Crippen LogP contribution in [0.3, 0.4) is 0 Å². The van der Waals surface area contributed by atoms with E-state index < -0.39 is 0 Å². The predicted octanol–water partition coefficient (Wildman–Crippen LogP) is 0.685. The lowest BCUT2D eigenvalue weighted by molar-refractivity contribution is 0.0915. The third-order valence-electron chi connectivity index (χ3n) is 2.17. The Kier molecular flexibility index (Phi) is 3.34. The average molecular weight is 211 g/mol. The maximum Gasteiger partial charge on any atom is 0.115 e. The number of thioether (sulfide) groups is 1. The molecule has 2 unspecified atom stereocenters. The molecule has 2 atom stereocenters. The average Bonchev–Trinajstić information content (AvgIpc) is 2.23. The third kappa shape index (κ3) is 2.43. The van der Waals surface area contributed by atoms with E-state index in [0.29, 0.717) is 11.9 Å². The fourth-order valence-corrected chi connectivity index (χ4v) is 2.38. The molecule has 2 heterocycles. The summed E-state index contributed by atoms with van der Waals surface area (Å²) < 4.78 is 5.38. The molecule has 1 aliphatic heterocycles. The third-order valence-corrected chi connectivity index (χ3v) is 3.41. The molecule has 14 heavy (non-hydrogen) atoms. The smallest absolute Gasteiger partial charge is 0.115 e. The molecule has 1 aliphatic rings. The summed E-state index contributed by atoms with van der Waals surface area (Å²) in [5.41, 5.74) is 5.98. The van der Waals surface area contributed by atoms with Crippen molar-refractivity contribution >= 4 is 11.8 Å².